The number of H-pyrrole nitrogens is 1. The van der Waals surface area contributed by atoms with Crippen LogP contribution in [-0.2, 0) is 4.74 Å². The molecule has 21 heavy (non-hydrogen) atoms. The largest absolute Gasteiger partial charge is 0.372 e. The number of ether oxygens (including phenoxy) is 1. The number of hydrogen-bond acceptors (Lipinski definition) is 3. The fourth-order valence-corrected chi connectivity index (χ4v) is 2.84. The second-order valence-electron chi connectivity index (χ2n) is 5.57. The van der Waals surface area contributed by atoms with E-state index in [4.69, 9.17) is 4.74 Å². The lowest BCUT2D eigenvalue weighted by Crippen LogP contribution is -2.48. The highest BCUT2D eigenvalue weighted by atomic mass is 16.5. The summed E-state index contributed by atoms with van der Waals surface area (Å²) >= 11 is 0. The number of carbonyl (C=O) groups excluding carboxylic acids is 1. The number of nitrogens with one attached hydrogen (secondary N) is 1. The van der Waals surface area contributed by atoms with Gasteiger partial charge in [0.05, 0.1) is 12.2 Å². The van der Waals surface area contributed by atoms with Gasteiger partial charge in [-0.25, -0.2) is 0 Å². The van der Waals surface area contributed by atoms with Crippen molar-refractivity contribution in [2.75, 3.05) is 13.1 Å². The first-order chi connectivity index (χ1) is 10.0. The number of nitrogens with zero attached hydrogens (tertiary/aromatic N) is 1. The Morgan fingerprint density at radius 1 is 1.24 bits per heavy atom. The molecule has 1 N–H and O–H groups in total. The number of pyridine rings is 1. The van der Waals surface area contributed by atoms with Crippen LogP contribution in [-0.4, -0.2) is 41.1 Å². The number of fused-ring (bicyclic) bond motifs is 1. The van der Waals surface area contributed by atoms with E-state index in [1.807, 2.05) is 32.0 Å². The van der Waals surface area contributed by atoms with E-state index < -0.39 is 0 Å². The molecule has 1 saturated heterocycles. The first kappa shape index (κ1) is 13.8. The van der Waals surface area contributed by atoms with E-state index in [1.165, 1.54) is 0 Å². The molecule has 2 aromatic rings. The molecule has 0 unspecified atom stereocenters. The van der Waals surface area contributed by atoms with E-state index in [0.29, 0.717) is 24.2 Å². The summed E-state index contributed by atoms with van der Waals surface area (Å²) in [5.74, 6) is -0.153. The number of hydrogen-bond donors (Lipinski definition) is 1. The van der Waals surface area contributed by atoms with Crippen molar-refractivity contribution < 1.29 is 9.53 Å². The molecule has 2 heterocycles. The Hall–Kier alpha value is -2.14. The van der Waals surface area contributed by atoms with E-state index in [2.05, 4.69) is 4.98 Å². The van der Waals surface area contributed by atoms with Crippen molar-refractivity contribution >= 4 is 16.7 Å². The van der Waals surface area contributed by atoms with Crippen molar-refractivity contribution in [3.63, 3.8) is 0 Å². The van der Waals surface area contributed by atoms with Gasteiger partial charge in [0.15, 0.2) is 0 Å². The zero-order valence-electron chi connectivity index (χ0n) is 12.1. The van der Waals surface area contributed by atoms with Crippen molar-refractivity contribution in [1.29, 1.82) is 0 Å². The third-order valence-corrected chi connectivity index (χ3v) is 3.69. The highest BCUT2D eigenvalue weighted by Crippen LogP contribution is 2.15. The van der Waals surface area contributed by atoms with Gasteiger partial charge in [0, 0.05) is 18.5 Å². The molecule has 0 saturated carbocycles. The fraction of sp³-hybridized carbons (Fsp3) is 0.375. The predicted molar refractivity (Wildman–Crippen MR) is 80.5 cm³/mol. The highest BCUT2D eigenvalue weighted by Gasteiger charge is 2.27. The van der Waals surface area contributed by atoms with Crippen LogP contribution in [0.2, 0.25) is 0 Å². The van der Waals surface area contributed by atoms with Gasteiger partial charge in [0.2, 0.25) is 0 Å². The summed E-state index contributed by atoms with van der Waals surface area (Å²) in [4.78, 5) is 29.1. The lowest BCUT2D eigenvalue weighted by atomic mass is 10.1. The summed E-state index contributed by atoms with van der Waals surface area (Å²) in [6, 6.07) is 9.00. The van der Waals surface area contributed by atoms with Crippen molar-refractivity contribution in [1.82, 2.24) is 9.88 Å². The maximum absolute atomic E-state index is 12.6. The summed E-state index contributed by atoms with van der Waals surface area (Å²) in [6.07, 6.45) is 0.00903. The second-order valence-corrected chi connectivity index (χ2v) is 5.57. The third-order valence-electron chi connectivity index (χ3n) is 3.69. The van der Waals surface area contributed by atoms with E-state index in [0.717, 1.165) is 5.39 Å². The van der Waals surface area contributed by atoms with Gasteiger partial charge in [-0.1, -0.05) is 18.2 Å². The molecule has 1 aliphatic rings. The monoisotopic (exact) mass is 286 g/mol. The average Bonchev–Trinajstić information content (AvgIpc) is 2.45. The molecular weight excluding hydrogens is 268 g/mol. The van der Waals surface area contributed by atoms with Crippen LogP contribution in [0.1, 0.15) is 24.3 Å². The van der Waals surface area contributed by atoms with Crippen LogP contribution in [0.4, 0.5) is 0 Å². The molecule has 5 heteroatoms. The standard InChI is InChI=1S/C16H18N2O3/c1-10-8-18(9-11(2)21-10)16(20)14-7-12-5-3-4-6-13(12)15(19)17-14/h3-7,10-11H,8-9H2,1-2H3,(H,17,19)/t10-,11-/m0/s1. The topological polar surface area (TPSA) is 62.4 Å². The Morgan fingerprint density at radius 2 is 1.90 bits per heavy atom. The Bertz CT molecular complexity index is 728. The zero-order chi connectivity index (χ0) is 15.0. The molecule has 1 aliphatic heterocycles. The van der Waals surface area contributed by atoms with Crippen LogP contribution in [0, 0.1) is 0 Å². The lowest BCUT2D eigenvalue weighted by molar-refractivity contribution is -0.0587. The van der Waals surface area contributed by atoms with Crippen molar-refractivity contribution in [2.45, 2.75) is 26.1 Å². The molecule has 2 atom stereocenters. The number of amides is 1. The molecule has 1 aromatic heterocycles. The normalized spacial score (nSPS) is 22.5. The van der Waals surface area contributed by atoms with E-state index in [1.54, 1.807) is 17.0 Å². The molecule has 3 rings (SSSR count). The Labute approximate surface area is 122 Å². The highest BCUT2D eigenvalue weighted by molar-refractivity contribution is 5.96. The van der Waals surface area contributed by atoms with Crippen LogP contribution in [0.3, 0.4) is 0 Å². The number of carbonyl (C=O) groups is 1. The predicted octanol–water partition coefficient (Wildman–Crippen LogP) is 1.78. The van der Waals surface area contributed by atoms with E-state index in [9.17, 15) is 9.59 Å². The average molecular weight is 286 g/mol. The minimum absolute atomic E-state index is 0.00452. The van der Waals surface area contributed by atoms with Gasteiger partial charge in [-0.05, 0) is 31.4 Å². The number of aromatic amines is 1. The molecule has 1 aromatic carbocycles. The molecule has 110 valence electrons. The van der Waals surface area contributed by atoms with E-state index >= 15 is 0 Å². The van der Waals surface area contributed by atoms with Gasteiger partial charge in [-0.3, -0.25) is 9.59 Å². The molecule has 1 amide bonds. The number of aromatic nitrogens is 1. The van der Waals surface area contributed by atoms with E-state index in [-0.39, 0.29) is 23.7 Å². The van der Waals surface area contributed by atoms with Crippen molar-refractivity contribution in [2.24, 2.45) is 0 Å². The quantitative estimate of drug-likeness (QED) is 0.869. The van der Waals surface area contributed by atoms with Gasteiger partial charge in [0.1, 0.15) is 5.69 Å². The van der Waals surface area contributed by atoms with Crippen LogP contribution < -0.4 is 5.56 Å². The molecule has 1 fully saturated rings. The fourth-order valence-electron chi connectivity index (χ4n) is 2.84. The summed E-state index contributed by atoms with van der Waals surface area (Å²) in [6.45, 7) is 4.97. The summed E-state index contributed by atoms with van der Waals surface area (Å²) < 4.78 is 5.63. The first-order valence-electron chi connectivity index (χ1n) is 7.11. The summed E-state index contributed by atoms with van der Waals surface area (Å²) in [5, 5.41) is 1.37. The van der Waals surface area contributed by atoms with Crippen LogP contribution in [0.15, 0.2) is 35.1 Å². The number of morpholine rings is 1. The molecular formula is C16H18N2O3. The summed E-state index contributed by atoms with van der Waals surface area (Å²) in [7, 11) is 0. The van der Waals surface area contributed by atoms with Gasteiger partial charge in [-0.15, -0.1) is 0 Å². The number of rotatable bonds is 1. The Balaban J connectivity index is 1.96. The number of benzene rings is 1. The lowest BCUT2D eigenvalue weighted by Gasteiger charge is -2.35. The molecule has 0 spiro atoms. The van der Waals surface area contributed by atoms with Crippen LogP contribution in [0.25, 0.3) is 10.8 Å². The zero-order valence-corrected chi connectivity index (χ0v) is 12.1. The molecule has 0 radical (unpaired) electrons. The van der Waals surface area contributed by atoms with Crippen LogP contribution >= 0.6 is 0 Å². The van der Waals surface area contributed by atoms with Gasteiger partial charge in [-0.2, -0.15) is 0 Å². The minimum atomic E-state index is -0.231. The molecule has 5 nitrogen and oxygen atoms in total. The molecule has 0 aliphatic carbocycles. The van der Waals surface area contributed by atoms with Gasteiger partial charge < -0.3 is 14.6 Å². The second kappa shape index (κ2) is 5.33. The SMILES string of the molecule is C[C@H]1CN(C(=O)c2cc3ccccc3c(=O)[nH]2)C[C@H](C)O1. The van der Waals surface area contributed by atoms with Crippen molar-refractivity contribution in [3.8, 4) is 0 Å². The minimum Gasteiger partial charge on any atom is -0.372 e. The Morgan fingerprint density at radius 3 is 2.62 bits per heavy atom. The van der Waals surface area contributed by atoms with Gasteiger partial charge >= 0.3 is 0 Å². The van der Waals surface area contributed by atoms with Gasteiger partial charge in [0.25, 0.3) is 11.5 Å². The van der Waals surface area contributed by atoms with Crippen molar-refractivity contribution in [3.05, 3.63) is 46.4 Å². The Kier molecular flexibility index (Phi) is 3.51. The maximum Gasteiger partial charge on any atom is 0.270 e. The van der Waals surface area contributed by atoms with Crippen LogP contribution in [0.5, 0.6) is 0 Å². The molecule has 0 bridgehead atoms. The summed E-state index contributed by atoms with van der Waals surface area (Å²) in [5.41, 5.74) is 0.103. The first-order valence-corrected chi connectivity index (χ1v) is 7.11. The third kappa shape index (κ3) is 2.69. The maximum atomic E-state index is 12.6. The smallest absolute Gasteiger partial charge is 0.270 e.